The van der Waals surface area contributed by atoms with Crippen LogP contribution in [0.1, 0.15) is 48.0 Å². The minimum atomic E-state index is -4.04. The van der Waals surface area contributed by atoms with Crippen LogP contribution in [0.5, 0.6) is 0 Å². The van der Waals surface area contributed by atoms with Crippen molar-refractivity contribution < 1.29 is 13.2 Å². The van der Waals surface area contributed by atoms with Crippen molar-refractivity contribution in [3.8, 4) is 0 Å². The fourth-order valence-electron chi connectivity index (χ4n) is 3.50. The summed E-state index contributed by atoms with van der Waals surface area (Å²) in [6.07, 6.45) is 0. The number of nitrogens with one attached hydrogen (secondary N) is 2. The molecule has 0 aliphatic heterocycles. The third-order valence-electron chi connectivity index (χ3n) is 5.07. The van der Waals surface area contributed by atoms with Crippen molar-refractivity contribution in [2.24, 2.45) is 7.05 Å². The first-order valence-corrected chi connectivity index (χ1v) is 11.2. The Bertz CT molecular complexity index is 1330. The Labute approximate surface area is 181 Å². The summed E-state index contributed by atoms with van der Waals surface area (Å²) >= 11 is 0. The number of aryl methyl sites for hydroxylation is 3. The lowest BCUT2D eigenvalue weighted by Crippen LogP contribution is -2.43. The highest BCUT2D eigenvalue weighted by molar-refractivity contribution is 7.89. The van der Waals surface area contributed by atoms with Gasteiger partial charge < -0.3 is 0 Å². The highest BCUT2D eigenvalue weighted by Gasteiger charge is 2.25. The van der Waals surface area contributed by atoms with Crippen LogP contribution >= 0.6 is 0 Å². The summed E-state index contributed by atoms with van der Waals surface area (Å²) in [6, 6.07) is 10.2. The van der Waals surface area contributed by atoms with E-state index in [1.807, 2.05) is 12.1 Å². The Kier molecular flexibility index (Phi) is 5.77. The fourth-order valence-corrected chi connectivity index (χ4v) is 4.79. The van der Waals surface area contributed by atoms with Crippen molar-refractivity contribution in [2.45, 2.75) is 44.9 Å². The number of rotatable bonds is 4. The number of benzene rings is 2. The molecule has 9 heteroatoms. The zero-order valence-electron chi connectivity index (χ0n) is 18.4. The normalized spacial score (nSPS) is 12.2. The molecule has 3 rings (SSSR count). The number of hydrazine groups is 1. The van der Waals surface area contributed by atoms with Gasteiger partial charge in [0, 0.05) is 12.4 Å². The summed E-state index contributed by atoms with van der Waals surface area (Å²) in [6.45, 7) is 9.61. The van der Waals surface area contributed by atoms with E-state index in [0.717, 1.165) is 10.2 Å². The van der Waals surface area contributed by atoms with E-state index in [9.17, 15) is 18.0 Å². The summed E-state index contributed by atoms with van der Waals surface area (Å²) in [5.74, 6) is -0.767. The SMILES string of the molecule is Cc1cc(C(C)(C)C)cc(C)c1S(=O)(=O)NNC(=O)c1nn(C)c(=O)c2ccccc12. The minimum absolute atomic E-state index is 0.0584. The van der Waals surface area contributed by atoms with Crippen molar-refractivity contribution in [3.63, 3.8) is 0 Å². The molecule has 2 aromatic carbocycles. The molecule has 31 heavy (non-hydrogen) atoms. The van der Waals surface area contributed by atoms with E-state index < -0.39 is 15.9 Å². The van der Waals surface area contributed by atoms with Crippen molar-refractivity contribution in [1.82, 2.24) is 20.0 Å². The van der Waals surface area contributed by atoms with Gasteiger partial charge >= 0.3 is 0 Å². The van der Waals surface area contributed by atoms with Gasteiger partial charge in [0.15, 0.2) is 5.69 Å². The summed E-state index contributed by atoms with van der Waals surface area (Å²) in [5, 5.41) is 4.66. The highest BCUT2D eigenvalue weighted by atomic mass is 32.2. The largest absolute Gasteiger partial charge is 0.287 e. The molecule has 0 saturated heterocycles. The maximum absolute atomic E-state index is 13.0. The zero-order chi connectivity index (χ0) is 23.1. The minimum Gasteiger partial charge on any atom is -0.272 e. The molecule has 2 N–H and O–H groups in total. The lowest BCUT2D eigenvalue weighted by atomic mass is 9.85. The Balaban J connectivity index is 1.93. The number of sulfonamides is 1. The third kappa shape index (κ3) is 4.38. The van der Waals surface area contributed by atoms with Crippen LogP contribution in [0.25, 0.3) is 10.8 Å². The number of carbonyl (C=O) groups is 1. The maximum Gasteiger partial charge on any atom is 0.287 e. The maximum atomic E-state index is 13.0. The molecule has 1 aromatic heterocycles. The second-order valence-corrected chi connectivity index (χ2v) is 10.2. The predicted octanol–water partition coefficient (Wildman–Crippen LogP) is 2.47. The first kappa shape index (κ1) is 22.6. The smallest absolute Gasteiger partial charge is 0.272 e. The Morgan fingerprint density at radius 2 is 1.58 bits per heavy atom. The van der Waals surface area contributed by atoms with Crippen molar-refractivity contribution in [3.05, 3.63) is 69.1 Å². The fraction of sp³-hybridized carbons (Fsp3) is 0.318. The van der Waals surface area contributed by atoms with Crippen LogP contribution in [0.4, 0.5) is 0 Å². The molecule has 3 aromatic rings. The third-order valence-corrected chi connectivity index (χ3v) is 6.62. The summed E-state index contributed by atoms with van der Waals surface area (Å²) < 4.78 is 27.0. The van der Waals surface area contributed by atoms with Crippen LogP contribution in [0.2, 0.25) is 0 Å². The van der Waals surface area contributed by atoms with Crippen LogP contribution in [-0.2, 0) is 22.5 Å². The van der Waals surface area contributed by atoms with E-state index in [1.54, 1.807) is 38.1 Å². The summed E-state index contributed by atoms with van der Waals surface area (Å²) in [4.78, 5) is 27.2. The Morgan fingerprint density at radius 1 is 1.03 bits per heavy atom. The van der Waals surface area contributed by atoms with E-state index >= 15 is 0 Å². The summed E-state index contributed by atoms with van der Waals surface area (Å²) in [7, 11) is -2.61. The van der Waals surface area contributed by atoms with Crippen molar-refractivity contribution in [1.29, 1.82) is 0 Å². The van der Waals surface area contributed by atoms with Crippen LogP contribution in [-0.4, -0.2) is 24.1 Å². The van der Waals surface area contributed by atoms with Crippen LogP contribution < -0.4 is 15.8 Å². The number of aromatic nitrogens is 2. The van der Waals surface area contributed by atoms with Crippen LogP contribution in [0.15, 0.2) is 46.1 Å². The molecule has 0 atom stereocenters. The lowest BCUT2D eigenvalue weighted by molar-refractivity contribution is 0.0939. The molecule has 0 unspecified atom stereocenters. The monoisotopic (exact) mass is 442 g/mol. The molecule has 0 fully saturated rings. The molecule has 1 heterocycles. The molecule has 0 aliphatic rings. The average Bonchev–Trinajstić information content (AvgIpc) is 2.67. The van der Waals surface area contributed by atoms with Gasteiger partial charge in [-0.05, 0) is 42.0 Å². The van der Waals surface area contributed by atoms with E-state index in [1.165, 1.54) is 7.05 Å². The number of hydrogen-bond acceptors (Lipinski definition) is 5. The number of hydrogen-bond donors (Lipinski definition) is 2. The molecule has 0 aliphatic carbocycles. The summed E-state index contributed by atoms with van der Waals surface area (Å²) in [5.41, 5.74) is 3.87. The molecular formula is C22H26N4O4S. The Morgan fingerprint density at radius 3 is 2.13 bits per heavy atom. The molecule has 0 saturated carbocycles. The first-order valence-electron chi connectivity index (χ1n) is 9.73. The van der Waals surface area contributed by atoms with Crippen LogP contribution in [0, 0.1) is 13.8 Å². The molecule has 0 bridgehead atoms. The van der Waals surface area contributed by atoms with E-state index in [-0.39, 0.29) is 21.6 Å². The number of amides is 1. The van der Waals surface area contributed by atoms with Gasteiger partial charge in [0.25, 0.3) is 21.5 Å². The molecular weight excluding hydrogens is 416 g/mol. The number of fused-ring (bicyclic) bond motifs is 1. The van der Waals surface area contributed by atoms with Gasteiger partial charge in [-0.15, -0.1) is 4.83 Å². The first-order chi connectivity index (χ1) is 14.3. The predicted molar refractivity (Wildman–Crippen MR) is 119 cm³/mol. The average molecular weight is 443 g/mol. The lowest BCUT2D eigenvalue weighted by Gasteiger charge is -2.22. The molecule has 0 spiro atoms. The van der Waals surface area contributed by atoms with Gasteiger partial charge in [0.05, 0.1) is 10.3 Å². The molecule has 1 amide bonds. The number of nitrogens with zero attached hydrogens (tertiary/aromatic N) is 2. The molecule has 0 radical (unpaired) electrons. The molecule has 8 nitrogen and oxygen atoms in total. The van der Waals surface area contributed by atoms with E-state index in [0.29, 0.717) is 21.9 Å². The van der Waals surface area contributed by atoms with Gasteiger partial charge in [-0.3, -0.25) is 15.0 Å². The zero-order valence-corrected chi connectivity index (χ0v) is 19.2. The number of carbonyl (C=O) groups excluding carboxylic acids is 1. The quantitative estimate of drug-likeness (QED) is 0.603. The van der Waals surface area contributed by atoms with Crippen molar-refractivity contribution >= 4 is 26.7 Å². The Hall–Kier alpha value is -3.04. The van der Waals surface area contributed by atoms with Gasteiger partial charge in [0.2, 0.25) is 0 Å². The van der Waals surface area contributed by atoms with E-state index in [2.05, 4.69) is 36.1 Å². The van der Waals surface area contributed by atoms with E-state index in [4.69, 9.17) is 0 Å². The second kappa shape index (κ2) is 7.90. The van der Waals surface area contributed by atoms with Crippen LogP contribution in [0.3, 0.4) is 0 Å². The van der Waals surface area contributed by atoms with Gasteiger partial charge in [0.1, 0.15) is 0 Å². The second-order valence-electron chi connectivity index (χ2n) is 8.57. The van der Waals surface area contributed by atoms with Gasteiger partial charge in [-0.2, -0.15) is 5.10 Å². The van der Waals surface area contributed by atoms with Gasteiger partial charge in [-0.25, -0.2) is 13.1 Å². The van der Waals surface area contributed by atoms with Gasteiger partial charge in [-0.1, -0.05) is 51.1 Å². The standard InChI is InChI=1S/C22H26N4O4S/c1-13-11-15(22(3,4)5)12-14(2)19(13)31(29,30)25-23-20(27)18-16-9-7-8-10-17(16)21(28)26(6)24-18/h7-12,25H,1-6H3,(H,23,27). The molecule has 164 valence electrons. The highest BCUT2D eigenvalue weighted by Crippen LogP contribution is 2.29. The topological polar surface area (TPSA) is 110 Å². The van der Waals surface area contributed by atoms with Crippen molar-refractivity contribution in [2.75, 3.05) is 0 Å².